The fraction of sp³-hybridized carbons (Fsp3) is 0.0625. The molecule has 3 rings (SSSR count). The Morgan fingerprint density at radius 3 is 2.41 bits per heavy atom. The molecule has 0 atom stereocenters. The Bertz CT molecular complexity index is 744. The van der Waals surface area contributed by atoms with Crippen LogP contribution in [0.25, 0.3) is 11.3 Å². The molecule has 0 bridgehead atoms. The van der Waals surface area contributed by atoms with Crippen molar-refractivity contribution in [3.63, 3.8) is 0 Å². The summed E-state index contributed by atoms with van der Waals surface area (Å²) in [5.41, 5.74) is 2.19. The molecule has 0 fully saturated rings. The van der Waals surface area contributed by atoms with Crippen molar-refractivity contribution in [3.8, 4) is 11.3 Å². The molecule has 2 heterocycles. The largest absolute Gasteiger partial charge is 0.264 e. The van der Waals surface area contributed by atoms with Crippen molar-refractivity contribution in [2.24, 2.45) is 0 Å². The highest BCUT2D eigenvalue weighted by atomic mass is 32.2. The minimum Gasteiger partial charge on any atom is -0.264 e. The topological polar surface area (TPSA) is 38.7 Å². The van der Waals surface area contributed by atoms with Crippen LogP contribution in [0.3, 0.4) is 0 Å². The number of pyridine rings is 1. The van der Waals surface area contributed by atoms with Crippen LogP contribution in [0.1, 0.15) is 5.56 Å². The number of hydrogen-bond donors (Lipinski definition) is 0. The number of thioether (sulfide) groups is 1. The summed E-state index contributed by atoms with van der Waals surface area (Å²) < 4.78 is 26.2. The molecule has 1 aromatic carbocycles. The number of aromatic nitrogens is 3. The molecule has 0 radical (unpaired) electrons. The van der Waals surface area contributed by atoms with E-state index in [0.717, 1.165) is 17.3 Å². The van der Waals surface area contributed by atoms with Crippen LogP contribution in [0.15, 0.2) is 59.9 Å². The van der Waals surface area contributed by atoms with Gasteiger partial charge in [-0.25, -0.2) is 8.78 Å². The second-order valence-corrected chi connectivity index (χ2v) is 5.56. The van der Waals surface area contributed by atoms with Crippen LogP contribution >= 0.6 is 11.8 Å². The third-order valence-electron chi connectivity index (χ3n) is 2.91. The van der Waals surface area contributed by atoms with E-state index < -0.39 is 11.6 Å². The lowest BCUT2D eigenvalue weighted by molar-refractivity contribution is 0.581. The van der Waals surface area contributed by atoms with Crippen molar-refractivity contribution in [2.75, 3.05) is 0 Å². The van der Waals surface area contributed by atoms with E-state index >= 15 is 0 Å². The smallest absolute Gasteiger partial charge is 0.126 e. The van der Waals surface area contributed by atoms with E-state index in [-0.39, 0.29) is 0 Å². The maximum Gasteiger partial charge on any atom is 0.126 e. The molecule has 0 saturated carbocycles. The first-order valence-electron chi connectivity index (χ1n) is 6.52. The van der Waals surface area contributed by atoms with Gasteiger partial charge in [0.15, 0.2) is 0 Å². The summed E-state index contributed by atoms with van der Waals surface area (Å²) in [4.78, 5) is 4.03. The van der Waals surface area contributed by atoms with Crippen molar-refractivity contribution in [2.45, 2.75) is 10.8 Å². The number of rotatable bonds is 4. The predicted octanol–water partition coefficient (Wildman–Crippen LogP) is 4.11. The first-order valence-corrected chi connectivity index (χ1v) is 7.51. The molecule has 3 nitrogen and oxygen atoms in total. The minimum absolute atomic E-state index is 0.426. The summed E-state index contributed by atoms with van der Waals surface area (Å²) in [6, 6.07) is 10.9. The highest BCUT2D eigenvalue weighted by Crippen LogP contribution is 2.23. The third kappa shape index (κ3) is 3.65. The fourth-order valence-electron chi connectivity index (χ4n) is 1.92. The molecule has 0 aliphatic carbocycles. The lowest BCUT2D eigenvalue weighted by Gasteiger charge is -2.03. The van der Waals surface area contributed by atoms with Gasteiger partial charge >= 0.3 is 0 Å². The molecular formula is C16H11F2N3S. The summed E-state index contributed by atoms with van der Waals surface area (Å²) in [6.45, 7) is 0. The molecule has 6 heteroatoms. The zero-order valence-electron chi connectivity index (χ0n) is 11.4. The highest BCUT2D eigenvalue weighted by Gasteiger charge is 2.04. The second kappa shape index (κ2) is 6.62. The zero-order chi connectivity index (χ0) is 15.4. The lowest BCUT2D eigenvalue weighted by atomic mass is 10.2. The quantitative estimate of drug-likeness (QED) is 0.679. The molecular weight excluding hydrogens is 304 g/mol. The van der Waals surface area contributed by atoms with Crippen LogP contribution in [0, 0.1) is 11.6 Å². The van der Waals surface area contributed by atoms with Crippen molar-refractivity contribution in [3.05, 3.63) is 72.1 Å². The maximum atomic E-state index is 13.1. The average molecular weight is 315 g/mol. The SMILES string of the molecule is Fc1cc(F)cc(CSc2ccc(-c3cccnc3)nn2)c1. The van der Waals surface area contributed by atoms with Crippen LogP contribution in [-0.2, 0) is 5.75 Å². The van der Waals surface area contributed by atoms with E-state index in [9.17, 15) is 8.78 Å². The molecule has 22 heavy (non-hydrogen) atoms. The first-order chi connectivity index (χ1) is 10.7. The van der Waals surface area contributed by atoms with Crippen molar-refractivity contribution in [1.29, 1.82) is 0 Å². The van der Waals surface area contributed by atoms with E-state index in [1.807, 2.05) is 24.3 Å². The van der Waals surface area contributed by atoms with Gasteiger partial charge in [0.05, 0.1) is 5.69 Å². The summed E-state index contributed by atoms with van der Waals surface area (Å²) in [5.74, 6) is -0.725. The number of hydrogen-bond acceptors (Lipinski definition) is 4. The van der Waals surface area contributed by atoms with Crippen molar-refractivity contribution in [1.82, 2.24) is 15.2 Å². The fourth-order valence-corrected chi connectivity index (χ4v) is 2.66. The number of nitrogens with zero attached hydrogens (tertiary/aromatic N) is 3. The van der Waals surface area contributed by atoms with Gasteiger partial charge in [-0.1, -0.05) is 11.8 Å². The Hall–Kier alpha value is -2.34. The van der Waals surface area contributed by atoms with E-state index in [2.05, 4.69) is 15.2 Å². The minimum atomic E-state index is -0.575. The van der Waals surface area contributed by atoms with E-state index in [0.29, 0.717) is 16.3 Å². The van der Waals surface area contributed by atoms with Crippen LogP contribution in [0.5, 0.6) is 0 Å². The maximum absolute atomic E-state index is 13.1. The first kappa shape index (κ1) is 14.6. The lowest BCUT2D eigenvalue weighted by Crippen LogP contribution is -1.91. The molecule has 0 unspecified atom stereocenters. The molecule has 0 N–H and O–H groups in total. The molecule has 110 valence electrons. The molecule has 3 aromatic rings. The van der Waals surface area contributed by atoms with Gasteiger partial charge in [-0.05, 0) is 42.0 Å². The number of benzene rings is 1. The third-order valence-corrected chi connectivity index (χ3v) is 3.90. The molecule has 0 aliphatic rings. The normalized spacial score (nSPS) is 10.6. The average Bonchev–Trinajstić information content (AvgIpc) is 2.53. The van der Waals surface area contributed by atoms with Gasteiger partial charge in [-0.3, -0.25) is 4.98 Å². The Labute approximate surface area is 130 Å². The zero-order valence-corrected chi connectivity index (χ0v) is 12.2. The van der Waals surface area contributed by atoms with Gasteiger partial charge in [0.25, 0.3) is 0 Å². The van der Waals surface area contributed by atoms with Crippen LogP contribution in [0.4, 0.5) is 8.78 Å². The summed E-state index contributed by atoms with van der Waals surface area (Å²) in [5, 5.41) is 8.94. The van der Waals surface area contributed by atoms with E-state index in [1.54, 1.807) is 12.4 Å². The Morgan fingerprint density at radius 1 is 0.955 bits per heavy atom. The van der Waals surface area contributed by atoms with Crippen LogP contribution in [0.2, 0.25) is 0 Å². The highest BCUT2D eigenvalue weighted by molar-refractivity contribution is 7.98. The Morgan fingerprint density at radius 2 is 1.77 bits per heavy atom. The monoisotopic (exact) mass is 315 g/mol. The molecule has 0 saturated heterocycles. The second-order valence-electron chi connectivity index (χ2n) is 4.56. The van der Waals surface area contributed by atoms with Gasteiger partial charge in [-0.2, -0.15) is 0 Å². The van der Waals surface area contributed by atoms with E-state index in [4.69, 9.17) is 0 Å². The van der Waals surface area contributed by atoms with Crippen molar-refractivity contribution < 1.29 is 8.78 Å². The Kier molecular flexibility index (Phi) is 4.39. The summed E-state index contributed by atoms with van der Waals surface area (Å²) >= 11 is 1.37. The van der Waals surface area contributed by atoms with Gasteiger partial charge in [0.2, 0.25) is 0 Å². The Balaban J connectivity index is 1.69. The van der Waals surface area contributed by atoms with E-state index in [1.165, 1.54) is 23.9 Å². The van der Waals surface area contributed by atoms with Gasteiger partial charge in [0, 0.05) is 29.8 Å². The summed E-state index contributed by atoms with van der Waals surface area (Å²) in [7, 11) is 0. The van der Waals surface area contributed by atoms with Gasteiger partial charge in [0.1, 0.15) is 16.7 Å². The molecule has 2 aromatic heterocycles. The molecule has 0 aliphatic heterocycles. The summed E-state index contributed by atoms with van der Waals surface area (Å²) in [6.07, 6.45) is 3.41. The van der Waals surface area contributed by atoms with Crippen molar-refractivity contribution >= 4 is 11.8 Å². The molecule has 0 spiro atoms. The predicted molar refractivity (Wildman–Crippen MR) is 81.2 cm³/mol. The van der Waals surface area contributed by atoms with Crippen LogP contribution in [-0.4, -0.2) is 15.2 Å². The molecule has 0 amide bonds. The number of halogens is 2. The van der Waals surface area contributed by atoms with Crippen LogP contribution < -0.4 is 0 Å². The van der Waals surface area contributed by atoms with Gasteiger partial charge in [-0.15, -0.1) is 10.2 Å². The van der Waals surface area contributed by atoms with Gasteiger partial charge < -0.3 is 0 Å². The standard InChI is InChI=1S/C16H11F2N3S/c17-13-6-11(7-14(18)8-13)10-22-16-4-3-15(20-21-16)12-2-1-5-19-9-12/h1-9H,10H2.